The van der Waals surface area contributed by atoms with E-state index < -0.39 is 28.2 Å². The number of hydrogen-bond acceptors (Lipinski definition) is 3. The summed E-state index contributed by atoms with van der Waals surface area (Å²) in [5.41, 5.74) is -2.40. The van der Waals surface area contributed by atoms with Crippen LogP contribution in [0.5, 0.6) is 0 Å². The predicted octanol–water partition coefficient (Wildman–Crippen LogP) is 3.62. The van der Waals surface area contributed by atoms with Gasteiger partial charge in [0, 0.05) is 18.6 Å². The molecule has 1 unspecified atom stereocenters. The molecule has 1 heterocycles. The molecule has 0 radical (unpaired) electrons. The van der Waals surface area contributed by atoms with Gasteiger partial charge in [0.05, 0.1) is 0 Å². The smallest absolute Gasteiger partial charge is 0.389 e. The van der Waals surface area contributed by atoms with Crippen molar-refractivity contribution in [1.29, 1.82) is 0 Å². The number of alkyl halides is 4. The van der Waals surface area contributed by atoms with E-state index in [0.717, 1.165) is 0 Å². The molecule has 9 heteroatoms. The fourth-order valence-electron chi connectivity index (χ4n) is 1.65. The van der Waals surface area contributed by atoms with E-state index in [9.17, 15) is 30.5 Å². The third-order valence-corrected chi connectivity index (χ3v) is 3.67. The van der Waals surface area contributed by atoms with Crippen LogP contribution in [-0.4, -0.2) is 24.7 Å². The lowest BCUT2D eigenvalue weighted by molar-refractivity contribution is -0.377. The Morgan fingerprint density at radius 2 is 1.48 bits per heavy atom. The average Bonchev–Trinajstić information content (AvgIpc) is 2.46. The molecule has 0 fully saturated rings. The highest BCUT2D eigenvalue weighted by atomic mass is 32.2. The monoisotopic (exact) mass is 359 g/mol. The Balaban J connectivity index is 0.000000664. The lowest BCUT2D eigenvalue weighted by atomic mass is 10.1. The number of aromatic amines is 1. The van der Waals surface area contributed by atoms with Gasteiger partial charge in [-0.15, -0.1) is 0 Å². The molecule has 0 amide bonds. The van der Waals surface area contributed by atoms with Gasteiger partial charge in [-0.2, -0.15) is 13.2 Å². The molecule has 0 aromatic carbocycles. The summed E-state index contributed by atoms with van der Waals surface area (Å²) < 4.78 is 78.2. The zero-order chi connectivity index (χ0) is 17.8. The van der Waals surface area contributed by atoms with Crippen molar-refractivity contribution in [1.82, 2.24) is 0 Å². The van der Waals surface area contributed by atoms with Gasteiger partial charge in [-0.05, 0) is 19.3 Å². The van der Waals surface area contributed by atoms with Crippen LogP contribution < -0.4 is 4.98 Å². The molecule has 1 rings (SSSR count). The summed E-state index contributed by atoms with van der Waals surface area (Å²) in [6, 6.07) is 5.86. The van der Waals surface area contributed by atoms with E-state index >= 15 is 0 Å². The van der Waals surface area contributed by atoms with Crippen LogP contribution in [0.4, 0.5) is 17.6 Å². The highest BCUT2D eigenvalue weighted by Gasteiger charge is 2.25. The predicted molar refractivity (Wildman–Crippen MR) is 76.0 cm³/mol. The lowest BCUT2D eigenvalue weighted by Crippen LogP contribution is -2.14. The van der Waals surface area contributed by atoms with Gasteiger partial charge < -0.3 is 4.55 Å². The van der Waals surface area contributed by atoms with Crippen LogP contribution in [-0.2, 0) is 10.1 Å². The molecule has 1 atom stereocenters. The van der Waals surface area contributed by atoms with Gasteiger partial charge in [0.25, 0.3) is 0 Å². The zero-order valence-electron chi connectivity index (χ0n) is 12.6. The van der Waals surface area contributed by atoms with E-state index in [0.29, 0.717) is 19.3 Å². The second kappa shape index (κ2) is 11.3. The zero-order valence-corrected chi connectivity index (χ0v) is 13.4. The third kappa shape index (κ3) is 15.4. The summed E-state index contributed by atoms with van der Waals surface area (Å²) in [6.07, 6.45) is -0.160. The summed E-state index contributed by atoms with van der Waals surface area (Å²) in [5.74, 6) is 0. The van der Waals surface area contributed by atoms with E-state index in [4.69, 9.17) is 0 Å². The van der Waals surface area contributed by atoms with Crippen molar-refractivity contribution in [3.05, 3.63) is 30.6 Å². The molecule has 1 aromatic heterocycles. The largest absolute Gasteiger partial charge is 0.746 e. The first-order valence-electron chi connectivity index (χ1n) is 7.19. The Kier molecular flexibility index (Phi) is 10.7. The minimum absolute atomic E-state index is 0.0163. The van der Waals surface area contributed by atoms with Crippen molar-refractivity contribution < 1.29 is 35.5 Å². The van der Waals surface area contributed by atoms with Gasteiger partial charge in [0.2, 0.25) is 0 Å². The summed E-state index contributed by atoms with van der Waals surface area (Å²) in [5, 5.41) is 0. The number of aromatic nitrogens is 1. The third-order valence-electron chi connectivity index (χ3n) is 2.81. The number of H-pyrrole nitrogens is 1. The summed E-state index contributed by atoms with van der Waals surface area (Å²) in [6.45, 7) is 0. The number of rotatable bonds is 8. The number of unbranched alkanes of at least 4 members (excludes halogenated alkanes) is 4. The van der Waals surface area contributed by atoms with Crippen LogP contribution in [0.2, 0.25) is 0 Å². The SMILES string of the molecule is O=S(=O)([O-])C(F)CCCCCCCC(F)(F)F.c1cc[nH+]cc1. The number of pyridine rings is 1. The number of halogens is 4. The van der Waals surface area contributed by atoms with Gasteiger partial charge in [0.15, 0.2) is 17.9 Å². The van der Waals surface area contributed by atoms with Gasteiger partial charge in [-0.1, -0.05) is 25.3 Å². The highest BCUT2D eigenvalue weighted by Crippen LogP contribution is 2.23. The van der Waals surface area contributed by atoms with Crippen LogP contribution in [0, 0.1) is 0 Å². The topological polar surface area (TPSA) is 71.3 Å². The molecular formula is C14H21F4NO3S. The van der Waals surface area contributed by atoms with Crippen LogP contribution in [0.1, 0.15) is 44.9 Å². The normalized spacial score (nSPS) is 13.1. The molecule has 0 saturated heterocycles. The molecule has 0 spiro atoms. The van der Waals surface area contributed by atoms with Crippen molar-refractivity contribution in [3.63, 3.8) is 0 Å². The van der Waals surface area contributed by atoms with Crippen molar-refractivity contribution in [3.8, 4) is 0 Å². The van der Waals surface area contributed by atoms with Gasteiger partial charge in [-0.25, -0.2) is 17.8 Å². The fraction of sp³-hybridized carbons (Fsp3) is 0.643. The Hall–Kier alpha value is -1.22. The maximum atomic E-state index is 12.6. The van der Waals surface area contributed by atoms with Crippen molar-refractivity contribution in [2.75, 3.05) is 0 Å². The quantitative estimate of drug-likeness (QED) is 0.404. The maximum Gasteiger partial charge on any atom is 0.389 e. The number of hydrogen-bond donors (Lipinski definition) is 0. The van der Waals surface area contributed by atoms with Gasteiger partial charge in [-0.3, -0.25) is 0 Å². The average molecular weight is 359 g/mol. The van der Waals surface area contributed by atoms with E-state index in [2.05, 4.69) is 4.98 Å². The van der Waals surface area contributed by atoms with Crippen molar-refractivity contribution in [2.24, 2.45) is 0 Å². The molecule has 0 aliphatic carbocycles. The molecule has 0 bridgehead atoms. The van der Waals surface area contributed by atoms with E-state index in [1.54, 1.807) is 0 Å². The second-order valence-corrected chi connectivity index (χ2v) is 6.40. The van der Waals surface area contributed by atoms with E-state index in [1.807, 2.05) is 30.6 Å². The maximum absolute atomic E-state index is 12.6. The Labute approximate surface area is 133 Å². The Morgan fingerprint density at radius 3 is 1.87 bits per heavy atom. The first-order valence-corrected chi connectivity index (χ1v) is 8.66. The van der Waals surface area contributed by atoms with Crippen LogP contribution in [0.3, 0.4) is 0 Å². The fourth-order valence-corrected chi connectivity index (χ4v) is 2.10. The molecule has 0 aliphatic heterocycles. The minimum atomic E-state index is -4.89. The van der Waals surface area contributed by atoms with Crippen molar-refractivity contribution >= 4 is 10.1 Å². The van der Waals surface area contributed by atoms with Gasteiger partial charge in [0.1, 0.15) is 10.1 Å². The summed E-state index contributed by atoms with van der Waals surface area (Å²) in [4.78, 5) is 2.89. The van der Waals surface area contributed by atoms with Crippen LogP contribution in [0.15, 0.2) is 30.6 Å². The minimum Gasteiger partial charge on any atom is -0.746 e. The highest BCUT2D eigenvalue weighted by molar-refractivity contribution is 7.86. The molecule has 0 saturated carbocycles. The molecular weight excluding hydrogens is 338 g/mol. The van der Waals surface area contributed by atoms with Gasteiger partial charge >= 0.3 is 6.18 Å². The van der Waals surface area contributed by atoms with Crippen LogP contribution in [0.25, 0.3) is 0 Å². The summed E-state index contributed by atoms with van der Waals surface area (Å²) >= 11 is 0. The molecule has 1 aromatic rings. The van der Waals surface area contributed by atoms with Crippen molar-refractivity contribution in [2.45, 2.75) is 56.6 Å². The Morgan fingerprint density at radius 1 is 0.957 bits per heavy atom. The first-order chi connectivity index (χ1) is 10.6. The molecule has 4 nitrogen and oxygen atoms in total. The summed E-state index contributed by atoms with van der Waals surface area (Å²) in [7, 11) is -4.89. The second-order valence-electron chi connectivity index (χ2n) is 4.90. The molecule has 0 aliphatic rings. The lowest BCUT2D eigenvalue weighted by Gasteiger charge is -2.12. The Bertz CT molecular complexity index is 468. The van der Waals surface area contributed by atoms with Crippen LogP contribution >= 0.6 is 0 Å². The molecule has 23 heavy (non-hydrogen) atoms. The first kappa shape index (κ1) is 21.8. The molecule has 1 N–H and O–H groups in total. The van der Waals surface area contributed by atoms with E-state index in [-0.39, 0.29) is 19.3 Å². The number of nitrogens with one attached hydrogen (secondary N) is 1. The standard InChI is InChI=1S/C9H16F4O3S.C5H5N/c10-8(17(14,15)16)6-4-2-1-3-5-7-9(11,12)13;1-2-4-6-5-3-1/h8H,1-7H2,(H,14,15,16);1-5H. The molecule has 134 valence electrons. The van der Waals surface area contributed by atoms with E-state index in [1.165, 1.54) is 0 Å².